The van der Waals surface area contributed by atoms with Gasteiger partial charge in [-0.1, -0.05) is 29.8 Å². The molecule has 2 aromatic carbocycles. The quantitative estimate of drug-likeness (QED) is 0.329. The van der Waals surface area contributed by atoms with Crippen LogP contribution in [0.4, 0.5) is 0 Å². The zero-order valence-electron chi connectivity index (χ0n) is 17.9. The molecule has 0 aliphatic rings. The van der Waals surface area contributed by atoms with Gasteiger partial charge in [-0.05, 0) is 61.4 Å². The number of para-hydroxylation sites is 2. The van der Waals surface area contributed by atoms with Crippen LogP contribution in [0, 0.1) is 0 Å². The highest BCUT2D eigenvalue weighted by atomic mass is 35.5. The number of carbonyl (C=O) groups is 1. The lowest BCUT2D eigenvalue weighted by molar-refractivity contribution is 0.0774. The van der Waals surface area contributed by atoms with Crippen LogP contribution in [0.5, 0.6) is 5.75 Å². The molecule has 0 radical (unpaired) electrons. The van der Waals surface area contributed by atoms with Crippen molar-refractivity contribution in [1.82, 2.24) is 19.4 Å². The van der Waals surface area contributed by atoms with Crippen molar-refractivity contribution in [2.45, 2.75) is 25.9 Å². The predicted octanol–water partition coefficient (Wildman–Crippen LogP) is 5.22. The molecule has 4 rings (SSSR count). The molecule has 0 aliphatic heterocycles. The van der Waals surface area contributed by atoms with Gasteiger partial charge in [-0.3, -0.25) is 9.78 Å². The highest BCUT2D eigenvalue weighted by molar-refractivity contribution is 6.30. The van der Waals surface area contributed by atoms with E-state index in [1.54, 1.807) is 30.3 Å². The van der Waals surface area contributed by atoms with Crippen molar-refractivity contribution in [3.05, 3.63) is 89.5 Å². The zero-order valence-corrected chi connectivity index (χ0v) is 18.7. The smallest absolute Gasteiger partial charge is 0.272 e. The molecule has 0 bridgehead atoms. The van der Waals surface area contributed by atoms with E-state index < -0.39 is 0 Å². The molecule has 4 aromatic rings. The van der Waals surface area contributed by atoms with E-state index in [0.717, 1.165) is 42.0 Å². The summed E-state index contributed by atoms with van der Waals surface area (Å²) in [5.41, 5.74) is 2.43. The summed E-state index contributed by atoms with van der Waals surface area (Å²) in [4.78, 5) is 23.3. The van der Waals surface area contributed by atoms with Gasteiger partial charge in [0.05, 0.1) is 24.2 Å². The van der Waals surface area contributed by atoms with Gasteiger partial charge in [-0.25, -0.2) is 4.98 Å². The summed E-state index contributed by atoms with van der Waals surface area (Å²) in [6, 6.07) is 20.8. The molecule has 32 heavy (non-hydrogen) atoms. The van der Waals surface area contributed by atoms with Gasteiger partial charge in [0.25, 0.3) is 5.91 Å². The van der Waals surface area contributed by atoms with Gasteiger partial charge in [0.2, 0.25) is 0 Å². The topological polar surface area (TPSA) is 60.2 Å². The van der Waals surface area contributed by atoms with Crippen molar-refractivity contribution >= 4 is 28.5 Å². The normalized spacial score (nSPS) is 10.9. The lowest BCUT2D eigenvalue weighted by Gasteiger charge is -2.17. The molecule has 164 valence electrons. The van der Waals surface area contributed by atoms with E-state index in [2.05, 4.69) is 15.6 Å². The standard InChI is InChI=1S/C25H25ClN4O2/c1-29(25(31)22-9-4-5-15-27-22)18-24-28-21-8-2-3-10-23(21)30(24)16-6-7-17-32-20-13-11-19(26)12-14-20/h2-5,8-15H,6-7,16-18H2,1H3. The molecular weight excluding hydrogens is 424 g/mol. The summed E-state index contributed by atoms with van der Waals surface area (Å²) in [6.45, 7) is 1.83. The zero-order chi connectivity index (χ0) is 22.3. The molecule has 2 heterocycles. The maximum Gasteiger partial charge on any atom is 0.272 e. The Bertz CT molecular complexity index is 1180. The van der Waals surface area contributed by atoms with Gasteiger partial charge >= 0.3 is 0 Å². The van der Waals surface area contributed by atoms with E-state index in [1.807, 2.05) is 48.5 Å². The second kappa shape index (κ2) is 10.3. The van der Waals surface area contributed by atoms with Gasteiger partial charge in [0.1, 0.15) is 17.3 Å². The Kier molecular flexibility index (Phi) is 7.02. The number of ether oxygens (including phenoxy) is 1. The van der Waals surface area contributed by atoms with Crippen molar-refractivity contribution < 1.29 is 9.53 Å². The lowest BCUT2D eigenvalue weighted by atomic mass is 10.3. The fourth-order valence-corrected chi connectivity index (χ4v) is 3.68. The first kappa shape index (κ1) is 21.8. The minimum Gasteiger partial charge on any atom is -0.494 e. The third-order valence-corrected chi connectivity index (χ3v) is 5.45. The van der Waals surface area contributed by atoms with Crippen LogP contribution >= 0.6 is 11.6 Å². The number of rotatable bonds is 9. The SMILES string of the molecule is CN(Cc1nc2ccccc2n1CCCCOc1ccc(Cl)cc1)C(=O)c1ccccn1. The van der Waals surface area contributed by atoms with Crippen LogP contribution in [0.15, 0.2) is 72.9 Å². The number of halogens is 1. The highest BCUT2D eigenvalue weighted by Gasteiger charge is 2.17. The molecule has 0 atom stereocenters. The summed E-state index contributed by atoms with van der Waals surface area (Å²) in [5.74, 6) is 1.55. The number of aryl methyl sites for hydroxylation is 1. The molecule has 0 saturated heterocycles. The first-order valence-corrected chi connectivity index (χ1v) is 11.0. The molecule has 0 fully saturated rings. The molecule has 0 unspecified atom stereocenters. The van der Waals surface area contributed by atoms with Crippen molar-refractivity contribution in [2.24, 2.45) is 0 Å². The number of amides is 1. The van der Waals surface area contributed by atoms with Gasteiger partial charge in [-0.15, -0.1) is 0 Å². The molecule has 7 heteroatoms. The molecule has 0 N–H and O–H groups in total. The van der Waals surface area contributed by atoms with Crippen molar-refractivity contribution in [2.75, 3.05) is 13.7 Å². The number of pyridine rings is 1. The number of unbranched alkanes of at least 4 members (excludes halogenated alkanes) is 1. The van der Waals surface area contributed by atoms with E-state index >= 15 is 0 Å². The molecule has 1 amide bonds. The van der Waals surface area contributed by atoms with E-state index in [0.29, 0.717) is 23.9 Å². The monoisotopic (exact) mass is 448 g/mol. The van der Waals surface area contributed by atoms with Crippen molar-refractivity contribution in [3.8, 4) is 5.75 Å². The van der Waals surface area contributed by atoms with E-state index in [4.69, 9.17) is 21.3 Å². The summed E-state index contributed by atoms with van der Waals surface area (Å²) >= 11 is 5.91. The Labute approximate surface area is 192 Å². The number of carbonyl (C=O) groups excluding carboxylic acids is 1. The number of hydrogen-bond acceptors (Lipinski definition) is 4. The fourth-order valence-electron chi connectivity index (χ4n) is 3.56. The van der Waals surface area contributed by atoms with Crippen LogP contribution in [0.2, 0.25) is 5.02 Å². The number of fused-ring (bicyclic) bond motifs is 1. The Hall–Kier alpha value is -3.38. The van der Waals surface area contributed by atoms with Crippen molar-refractivity contribution in [3.63, 3.8) is 0 Å². The second-order valence-corrected chi connectivity index (χ2v) is 7.99. The third-order valence-electron chi connectivity index (χ3n) is 5.20. The number of benzene rings is 2. The van der Waals surface area contributed by atoms with Crippen molar-refractivity contribution in [1.29, 1.82) is 0 Å². The number of nitrogens with zero attached hydrogens (tertiary/aromatic N) is 4. The van der Waals surface area contributed by atoms with Gasteiger partial charge in [0.15, 0.2) is 0 Å². The highest BCUT2D eigenvalue weighted by Crippen LogP contribution is 2.19. The summed E-state index contributed by atoms with van der Waals surface area (Å²) in [6.07, 6.45) is 3.46. The largest absolute Gasteiger partial charge is 0.494 e. The maximum atomic E-state index is 12.7. The van der Waals surface area contributed by atoms with E-state index in [-0.39, 0.29) is 5.91 Å². The van der Waals surface area contributed by atoms with Crippen LogP contribution in [0.1, 0.15) is 29.2 Å². The Morgan fingerprint density at radius 1 is 1.03 bits per heavy atom. The van der Waals surface area contributed by atoms with Crippen LogP contribution < -0.4 is 4.74 Å². The first-order chi connectivity index (χ1) is 15.6. The number of imidazole rings is 1. The molecular formula is C25H25ClN4O2. The minimum atomic E-state index is -0.124. The molecule has 0 saturated carbocycles. The third kappa shape index (κ3) is 5.26. The summed E-state index contributed by atoms with van der Waals surface area (Å²) in [7, 11) is 1.78. The summed E-state index contributed by atoms with van der Waals surface area (Å²) < 4.78 is 7.99. The summed E-state index contributed by atoms with van der Waals surface area (Å²) in [5, 5.41) is 0.698. The van der Waals surface area contributed by atoms with Gasteiger partial charge < -0.3 is 14.2 Å². The average molecular weight is 449 g/mol. The second-order valence-electron chi connectivity index (χ2n) is 7.55. The molecule has 6 nitrogen and oxygen atoms in total. The fraction of sp³-hybridized carbons (Fsp3) is 0.240. The van der Waals surface area contributed by atoms with E-state index in [9.17, 15) is 4.79 Å². The van der Waals surface area contributed by atoms with E-state index in [1.165, 1.54) is 0 Å². The van der Waals surface area contributed by atoms with Crippen LogP contribution in [0.3, 0.4) is 0 Å². The number of hydrogen-bond donors (Lipinski definition) is 0. The van der Waals surface area contributed by atoms with Crippen LogP contribution in [-0.4, -0.2) is 39.0 Å². The average Bonchev–Trinajstić information content (AvgIpc) is 3.17. The Morgan fingerprint density at radius 3 is 2.59 bits per heavy atom. The minimum absolute atomic E-state index is 0.124. The lowest BCUT2D eigenvalue weighted by Crippen LogP contribution is -2.28. The first-order valence-electron chi connectivity index (χ1n) is 10.6. The molecule has 0 aliphatic carbocycles. The van der Waals surface area contributed by atoms with Gasteiger partial charge in [-0.2, -0.15) is 0 Å². The molecule has 2 aromatic heterocycles. The Morgan fingerprint density at radius 2 is 1.81 bits per heavy atom. The van der Waals surface area contributed by atoms with Crippen LogP contribution in [-0.2, 0) is 13.1 Å². The predicted molar refractivity (Wildman–Crippen MR) is 126 cm³/mol. The maximum absolute atomic E-state index is 12.7. The van der Waals surface area contributed by atoms with Gasteiger partial charge in [0, 0.05) is 24.8 Å². The van der Waals surface area contributed by atoms with Crippen LogP contribution in [0.25, 0.3) is 11.0 Å². The molecule has 0 spiro atoms. The Balaban J connectivity index is 1.41. The number of aromatic nitrogens is 3.